The Morgan fingerprint density at radius 3 is 2.41 bits per heavy atom. The van der Waals surface area contributed by atoms with E-state index in [-0.39, 0.29) is 12.5 Å². The summed E-state index contributed by atoms with van der Waals surface area (Å²) >= 11 is 0. The molecule has 0 bridgehead atoms. The van der Waals surface area contributed by atoms with Crippen LogP contribution in [0.3, 0.4) is 0 Å². The minimum absolute atomic E-state index is 0.263. The first kappa shape index (κ1) is 19.8. The molecule has 0 aliphatic heterocycles. The topological polar surface area (TPSA) is 120 Å². The van der Waals surface area contributed by atoms with E-state index in [1.807, 2.05) is 6.92 Å². The molecule has 8 nitrogen and oxygen atoms in total. The number of carbonyl (C=O) groups is 3. The Balaban J connectivity index is 2.12. The molecule has 27 heavy (non-hydrogen) atoms. The first-order valence-corrected chi connectivity index (χ1v) is 8.23. The van der Waals surface area contributed by atoms with Crippen LogP contribution in [0.25, 0.3) is 0 Å². The maximum absolute atomic E-state index is 12.5. The van der Waals surface area contributed by atoms with Crippen molar-refractivity contribution in [2.45, 2.75) is 6.92 Å². The number of amides is 3. The highest BCUT2D eigenvalue weighted by Crippen LogP contribution is 2.28. The van der Waals surface area contributed by atoms with Crippen molar-refractivity contribution in [3.8, 4) is 11.5 Å². The Hall–Kier alpha value is -3.55. The van der Waals surface area contributed by atoms with Gasteiger partial charge in [-0.15, -0.1) is 0 Å². The van der Waals surface area contributed by atoms with Crippen LogP contribution in [-0.4, -0.2) is 38.0 Å². The van der Waals surface area contributed by atoms with Crippen LogP contribution in [0.1, 0.15) is 27.6 Å². The quantitative estimate of drug-likeness (QED) is 0.650. The van der Waals surface area contributed by atoms with Gasteiger partial charge in [-0.1, -0.05) is 6.07 Å². The van der Waals surface area contributed by atoms with Gasteiger partial charge in [0.25, 0.3) is 11.8 Å². The summed E-state index contributed by atoms with van der Waals surface area (Å²) in [5, 5.41) is 5.10. The van der Waals surface area contributed by atoms with Crippen LogP contribution in [0.5, 0.6) is 11.5 Å². The monoisotopic (exact) mass is 371 g/mol. The van der Waals surface area contributed by atoms with Gasteiger partial charge in [-0.2, -0.15) is 0 Å². The van der Waals surface area contributed by atoms with E-state index in [1.54, 1.807) is 36.4 Å². The van der Waals surface area contributed by atoms with Crippen molar-refractivity contribution in [3.63, 3.8) is 0 Å². The van der Waals surface area contributed by atoms with Gasteiger partial charge < -0.3 is 25.8 Å². The number of nitrogens with one attached hydrogen (secondary N) is 2. The zero-order valence-corrected chi connectivity index (χ0v) is 15.1. The van der Waals surface area contributed by atoms with E-state index < -0.39 is 11.8 Å². The predicted octanol–water partition coefficient (Wildman–Crippen LogP) is 1.56. The Labute approximate surface area is 156 Å². The van der Waals surface area contributed by atoms with E-state index in [1.165, 1.54) is 13.2 Å². The molecule has 0 radical (unpaired) electrons. The minimum Gasteiger partial charge on any atom is -0.493 e. The predicted molar refractivity (Wildman–Crippen MR) is 100 cm³/mol. The third-order valence-corrected chi connectivity index (χ3v) is 3.53. The maximum Gasteiger partial charge on any atom is 0.255 e. The molecule has 0 saturated heterocycles. The molecule has 0 aromatic heterocycles. The summed E-state index contributed by atoms with van der Waals surface area (Å²) in [6.07, 6.45) is 0. The SMILES string of the molecule is CCOc1ccc(C(=O)Nc2cccc(C(=O)NCC(N)=O)c2)cc1OC. The number of nitrogens with two attached hydrogens (primary N) is 1. The first-order valence-electron chi connectivity index (χ1n) is 8.23. The minimum atomic E-state index is -0.641. The van der Waals surface area contributed by atoms with E-state index in [0.29, 0.717) is 34.9 Å². The molecule has 3 amide bonds. The maximum atomic E-state index is 12.5. The molecule has 2 rings (SSSR count). The Kier molecular flexibility index (Phi) is 6.76. The molecule has 0 spiro atoms. The number of methoxy groups -OCH3 is 1. The van der Waals surface area contributed by atoms with Gasteiger partial charge in [-0.05, 0) is 43.3 Å². The van der Waals surface area contributed by atoms with Gasteiger partial charge in [0, 0.05) is 16.8 Å². The number of ether oxygens (including phenoxy) is 2. The summed E-state index contributed by atoms with van der Waals surface area (Å²) in [4.78, 5) is 35.2. The van der Waals surface area contributed by atoms with Crippen molar-refractivity contribution in [1.29, 1.82) is 0 Å². The van der Waals surface area contributed by atoms with E-state index in [2.05, 4.69) is 10.6 Å². The second kappa shape index (κ2) is 9.23. The lowest BCUT2D eigenvalue weighted by atomic mass is 10.1. The normalized spacial score (nSPS) is 10.0. The third kappa shape index (κ3) is 5.46. The van der Waals surface area contributed by atoms with Crippen molar-refractivity contribution in [1.82, 2.24) is 5.32 Å². The average molecular weight is 371 g/mol. The summed E-state index contributed by atoms with van der Waals surface area (Å²) in [6, 6.07) is 11.2. The summed E-state index contributed by atoms with van der Waals surface area (Å²) in [6.45, 7) is 2.07. The van der Waals surface area contributed by atoms with Crippen LogP contribution < -0.4 is 25.8 Å². The summed E-state index contributed by atoms with van der Waals surface area (Å²) < 4.78 is 10.7. The second-order valence-corrected chi connectivity index (χ2v) is 5.48. The third-order valence-electron chi connectivity index (χ3n) is 3.53. The standard InChI is InChI=1S/C19H21N3O5/c1-3-27-15-8-7-13(10-16(15)26-2)19(25)22-14-6-4-5-12(9-14)18(24)21-11-17(20)23/h4-10H,3,11H2,1-2H3,(H2,20,23)(H,21,24)(H,22,25). The largest absolute Gasteiger partial charge is 0.493 e. The fraction of sp³-hybridized carbons (Fsp3) is 0.211. The Morgan fingerprint density at radius 2 is 1.74 bits per heavy atom. The fourth-order valence-electron chi connectivity index (χ4n) is 2.29. The molecule has 4 N–H and O–H groups in total. The smallest absolute Gasteiger partial charge is 0.255 e. The lowest BCUT2D eigenvalue weighted by Crippen LogP contribution is -2.33. The number of anilines is 1. The van der Waals surface area contributed by atoms with Gasteiger partial charge in [-0.3, -0.25) is 14.4 Å². The lowest BCUT2D eigenvalue weighted by Gasteiger charge is -2.11. The van der Waals surface area contributed by atoms with Gasteiger partial charge >= 0.3 is 0 Å². The number of hydrogen-bond donors (Lipinski definition) is 3. The Morgan fingerprint density at radius 1 is 1.00 bits per heavy atom. The molecule has 0 aliphatic carbocycles. The van der Waals surface area contributed by atoms with Crippen LogP contribution in [-0.2, 0) is 4.79 Å². The molecule has 0 atom stereocenters. The summed E-state index contributed by atoms with van der Waals surface area (Å²) in [7, 11) is 1.49. The van der Waals surface area contributed by atoms with Gasteiger partial charge in [-0.25, -0.2) is 0 Å². The Bertz CT molecular complexity index is 851. The molecular formula is C19H21N3O5. The number of benzene rings is 2. The van der Waals surface area contributed by atoms with E-state index in [9.17, 15) is 14.4 Å². The molecule has 0 heterocycles. The highest BCUT2D eigenvalue weighted by Gasteiger charge is 2.13. The molecular weight excluding hydrogens is 350 g/mol. The van der Waals surface area contributed by atoms with E-state index in [4.69, 9.17) is 15.2 Å². The highest BCUT2D eigenvalue weighted by molar-refractivity contribution is 6.05. The van der Waals surface area contributed by atoms with Crippen LogP contribution in [0, 0.1) is 0 Å². The molecule has 0 aliphatic rings. The molecule has 8 heteroatoms. The van der Waals surface area contributed by atoms with Crippen LogP contribution >= 0.6 is 0 Å². The fourth-order valence-corrected chi connectivity index (χ4v) is 2.29. The van der Waals surface area contributed by atoms with Crippen molar-refractivity contribution < 1.29 is 23.9 Å². The lowest BCUT2D eigenvalue weighted by molar-refractivity contribution is -0.117. The van der Waals surface area contributed by atoms with Crippen LogP contribution in [0.4, 0.5) is 5.69 Å². The number of carbonyl (C=O) groups excluding carboxylic acids is 3. The van der Waals surface area contributed by atoms with Gasteiger partial charge in [0.15, 0.2) is 11.5 Å². The number of primary amides is 1. The summed E-state index contributed by atoms with van der Waals surface area (Å²) in [5.74, 6) is -0.482. The van der Waals surface area contributed by atoms with Gasteiger partial charge in [0.2, 0.25) is 5.91 Å². The van der Waals surface area contributed by atoms with Crippen molar-refractivity contribution in [2.75, 3.05) is 25.6 Å². The molecule has 142 valence electrons. The van der Waals surface area contributed by atoms with Crippen LogP contribution in [0.2, 0.25) is 0 Å². The molecule has 0 fully saturated rings. The second-order valence-electron chi connectivity index (χ2n) is 5.48. The number of hydrogen-bond acceptors (Lipinski definition) is 5. The van der Waals surface area contributed by atoms with Gasteiger partial charge in [0.05, 0.1) is 20.3 Å². The van der Waals surface area contributed by atoms with E-state index >= 15 is 0 Å². The van der Waals surface area contributed by atoms with Crippen molar-refractivity contribution >= 4 is 23.4 Å². The van der Waals surface area contributed by atoms with Crippen molar-refractivity contribution in [2.24, 2.45) is 5.73 Å². The first-order chi connectivity index (χ1) is 12.9. The van der Waals surface area contributed by atoms with Crippen molar-refractivity contribution in [3.05, 3.63) is 53.6 Å². The highest BCUT2D eigenvalue weighted by atomic mass is 16.5. The molecule has 0 saturated carbocycles. The van der Waals surface area contributed by atoms with Crippen LogP contribution in [0.15, 0.2) is 42.5 Å². The number of rotatable bonds is 8. The average Bonchev–Trinajstić information content (AvgIpc) is 2.66. The zero-order valence-electron chi connectivity index (χ0n) is 15.1. The summed E-state index contributed by atoms with van der Waals surface area (Å²) in [5.41, 5.74) is 6.10. The molecule has 2 aromatic carbocycles. The zero-order chi connectivity index (χ0) is 19.8. The molecule has 0 unspecified atom stereocenters. The van der Waals surface area contributed by atoms with Gasteiger partial charge in [0.1, 0.15) is 0 Å². The van der Waals surface area contributed by atoms with E-state index in [0.717, 1.165) is 0 Å². The molecule has 2 aromatic rings.